The highest BCUT2D eigenvalue weighted by Crippen LogP contribution is 2.15. The van der Waals surface area contributed by atoms with Crippen molar-refractivity contribution in [2.24, 2.45) is 5.92 Å². The third kappa shape index (κ3) is 6.09. The van der Waals surface area contributed by atoms with Crippen LogP contribution in [0, 0.1) is 11.7 Å². The van der Waals surface area contributed by atoms with Crippen LogP contribution < -0.4 is 0 Å². The van der Waals surface area contributed by atoms with Gasteiger partial charge in [0, 0.05) is 18.7 Å². The molecule has 1 atom stereocenters. The number of allylic oxidation sites excluding steroid dienone is 6. The van der Waals surface area contributed by atoms with Gasteiger partial charge in [0.2, 0.25) is 0 Å². The van der Waals surface area contributed by atoms with Crippen LogP contribution in [0.4, 0.5) is 4.39 Å². The predicted molar refractivity (Wildman–Crippen MR) is 97.5 cm³/mol. The lowest BCUT2D eigenvalue weighted by molar-refractivity contribution is 0.0925. The zero-order valence-corrected chi connectivity index (χ0v) is 14.1. The van der Waals surface area contributed by atoms with Gasteiger partial charge in [-0.3, -0.25) is 4.79 Å². The molecule has 1 aromatic rings. The van der Waals surface area contributed by atoms with E-state index in [4.69, 9.17) is 0 Å². The molecule has 2 aliphatic rings. The Hall–Kier alpha value is -2.26. The minimum Gasteiger partial charge on any atom is -0.305 e. The highest BCUT2D eigenvalue weighted by molar-refractivity contribution is 5.99. The van der Waals surface area contributed by atoms with E-state index in [1.54, 1.807) is 12.1 Å². The van der Waals surface area contributed by atoms with Crippen LogP contribution in [0.25, 0.3) is 0 Å². The number of benzene rings is 1. The van der Waals surface area contributed by atoms with Crippen LogP contribution in [0.5, 0.6) is 0 Å². The van der Waals surface area contributed by atoms with Gasteiger partial charge in [-0.1, -0.05) is 48.6 Å². The fourth-order valence-corrected chi connectivity index (χ4v) is 2.56. The summed E-state index contributed by atoms with van der Waals surface area (Å²) in [7, 11) is 2.01. The van der Waals surface area contributed by atoms with E-state index in [1.807, 2.05) is 25.3 Å². The van der Waals surface area contributed by atoms with E-state index in [0.717, 1.165) is 25.9 Å². The van der Waals surface area contributed by atoms with Crippen LogP contribution in [-0.4, -0.2) is 30.8 Å². The summed E-state index contributed by atoms with van der Waals surface area (Å²) in [6.07, 6.45) is 18.5. The molecule has 0 fully saturated rings. The fourth-order valence-electron chi connectivity index (χ4n) is 2.56. The maximum atomic E-state index is 12.8. The van der Waals surface area contributed by atoms with Crippen molar-refractivity contribution < 1.29 is 9.18 Å². The number of ketones is 1. The van der Waals surface area contributed by atoms with Crippen LogP contribution in [0.1, 0.15) is 23.2 Å². The molecule has 1 aliphatic carbocycles. The Balaban J connectivity index is 0.000000249. The number of nitrogens with zero attached hydrogens (tertiary/aromatic N) is 1. The summed E-state index contributed by atoms with van der Waals surface area (Å²) in [6.45, 7) is 1.70. The molecule has 0 saturated carbocycles. The highest BCUT2D eigenvalue weighted by Gasteiger charge is 2.20. The number of hydrogen-bond donors (Lipinski definition) is 0. The van der Waals surface area contributed by atoms with Crippen molar-refractivity contribution >= 4 is 5.78 Å². The molecule has 24 heavy (non-hydrogen) atoms. The molecule has 3 heteroatoms. The zero-order valence-electron chi connectivity index (χ0n) is 14.1. The van der Waals surface area contributed by atoms with Gasteiger partial charge >= 0.3 is 0 Å². The van der Waals surface area contributed by atoms with Gasteiger partial charge in [-0.2, -0.15) is 0 Å². The maximum absolute atomic E-state index is 12.8. The van der Waals surface area contributed by atoms with Gasteiger partial charge in [0.15, 0.2) is 5.78 Å². The molecule has 0 amide bonds. The lowest BCUT2D eigenvalue weighted by atomic mass is 9.97. The lowest BCUT2D eigenvalue weighted by Gasteiger charge is -2.18. The normalized spacial score (nSPS) is 20.0. The SMILES string of the molecule is C1=CC=CCC=C1.CN1CCC=CC(C(=O)c2ccc(F)cc2)C1. The second-order valence-electron chi connectivity index (χ2n) is 5.93. The average Bonchev–Trinajstić information content (AvgIpc) is 3.01. The maximum Gasteiger partial charge on any atom is 0.170 e. The first kappa shape index (κ1) is 18.1. The predicted octanol–water partition coefficient (Wildman–Crippen LogP) is 4.58. The van der Waals surface area contributed by atoms with Gasteiger partial charge in [-0.05, 0) is 44.2 Å². The molecule has 0 radical (unpaired) electrons. The number of carbonyl (C=O) groups is 1. The summed E-state index contributed by atoms with van der Waals surface area (Å²) in [6, 6.07) is 5.77. The Morgan fingerprint density at radius 2 is 1.71 bits per heavy atom. The van der Waals surface area contributed by atoms with Gasteiger partial charge in [0.25, 0.3) is 0 Å². The molecule has 0 saturated heterocycles. The number of rotatable bonds is 2. The first-order valence-electron chi connectivity index (χ1n) is 8.30. The number of halogens is 1. The summed E-state index contributed by atoms with van der Waals surface area (Å²) < 4.78 is 12.8. The largest absolute Gasteiger partial charge is 0.305 e. The average molecular weight is 325 g/mol. The molecule has 1 aliphatic heterocycles. The molecule has 0 N–H and O–H groups in total. The molecular formula is C21H24FNO. The molecule has 126 valence electrons. The van der Waals surface area contributed by atoms with Crippen LogP contribution in [0.3, 0.4) is 0 Å². The minimum atomic E-state index is -0.310. The van der Waals surface area contributed by atoms with Crippen LogP contribution >= 0.6 is 0 Å². The van der Waals surface area contributed by atoms with E-state index < -0.39 is 0 Å². The van der Waals surface area contributed by atoms with Gasteiger partial charge in [-0.15, -0.1) is 0 Å². The molecule has 0 bridgehead atoms. The number of carbonyl (C=O) groups excluding carboxylic acids is 1. The summed E-state index contributed by atoms with van der Waals surface area (Å²) >= 11 is 0. The zero-order chi connectivity index (χ0) is 17.2. The second kappa shape index (κ2) is 9.78. The molecular weight excluding hydrogens is 301 g/mol. The van der Waals surface area contributed by atoms with Crippen LogP contribution in [0.15, 0.2) is 72.9 Å². The summed E-state index contributed by atoms with van der Waals surface area (Å²) in [5.41, 5.74) is 0.580. The highest BCUT2D eigenvalue weighted by atomic mass is 19.1. The van der Waals surface area contributed by atoms with Crippen molar-refractivity contribution in [1.29, 1.82) is 0 Å². The summed E-state index contributed by atoms with van der Waals surface area (Å²) in [5.74, 6) is -0.363. The molecule has 1 heterocycles. The van der Waals surface area contributed by atoms with E-state index in [1.165, 1.54) is 12.1 Å². The van der Waals surface area contributed by atoms with Gasteiger partial charge < -0.3 is 4.90 Å². The minimum absolute atomic E-state index is 0.0648. The Bertz CT molecular complexity index is 626. The Morgan fingerprint density at radius 1 is 1.04 bits per heavy atom. The monoisotopic (exact) mass is 325 g/mol. The Morgan fingerprint density at radius 3 is 2.38 bits per heavy atom. The van der Waals surface area contributed by atoms with Gasteiger partial charge in [0.1, 0.15) is 5.82 Å². The van der Waals surface area contributed by atoms with E-state index in [0.29, 0.717) is 5.56 Å². The van der Waals surface area contributed by atoms with E-state index in [2.05, 4.69) is 35.3 Å². The van der Waals surface area contributed by atoms with Crippen molar-refractivity contribution in [2.45, 2.75) is 12.8 Å². The number of Topliss-reactive ketones (excluding diaryl/α,β-unsaturated/α-hetero) is 1. The van der Waals surface area contributed by atoms with Crippen molar-refractivity contribution in [3.8, 4) is 0 Å². The van der Waals surface area contributed by atoms with E-state index in [-0.39, 0.29) is 17.5 Å². The molecule has 2 nitrogen and oxygen atoms in total. The van der Waals surface area contributed by atoms with Crippen molar-refractivity contribution in [1.82, 2.24) is 4.90 Å². The van der Waals surface area contributed by atoms with Crippen molar-refractivity contribution in [3.63, 3.8) is 0 Å². The summed E-state index contributed by atoms with van der Waals surface area (Å²) in [5, 5.41) is 0. The Kier molecular flexibility index (Phi) is 7.37. The lowest BCUT2D eigenvalue weighted by Crippen LogP contribution is -2.28. The second-order valence-corrected chi connectivity index (χ2v) is 5.93. The van der Waals surface area contributed by atoms with Crippen molar-refractivity contribution in [2.75, 3.05) is 20.1 Å². The smallest absolute Gasteiger partial charge is 0.170 e. The molecule has 1 aromatic carbocycles. The molecule has 3 rings (SSSR count). The quantitative estimate of drug-likeness (QED) is 0.586. The third-order valence-electron chi connectivity index (χ3n) is 3.90. The summed E-state index contributed by atoms with van der Waals surface area (Å²) in [4.78, 5) is 14.4. The van der Waals surface area contributed by atoms with Gasteiger partial charge in [0.05, 0.1) is 5.92 Å². The van der Waals surface area contributed by atoms with E-state index in [9.17, 15) is 9.18 Å². The Labute approximate surface area is 143 Å². The first-order valence-corrected chi connectivity index (χ1v) is 8.30. The standard InChI is InChI=1S/C14H16FNO.C7H8/c1-16-9-3-2-4-12(10-16)14(17)11-5-7-13(15)8-6-11;1-2-4-6-7-5-3-1/h2,4-8,12H,3,9-10H2,1H3;1-6H,7H2. The first-order chi connectivity index (χ1) is 11.7. The van der Waals surface area contributed by atoms with E-state index >= 15 is 0 Å². The van der Waals surface area contributed by atoms with Crippen LogP contribution in [-0.2, 0) is 0 Å². The third-order valence-corrected chi connectivity index (χ3v) is 3.90. The van der Waals surface area contributed by atoms with Crippen LogP contribution in [0.2, 0.25) is 0 Å². The van der Waals surface area contributed by atoms with Crippen molar-refractivity contribution in [3.05, 3.63) is 84.3 Å². The van der Waals surface area contributed by atoms with Gasteiger partial charge in [-0.25, -0.2) is 4.39 Å². The topological polar surface area (TPSA) is 20.3 Å². The molecule has 1 unspecified atom stereocenters. The molecule has 0 spiro atoms. The number of hydrogen-bond acceptors (Lipinski definition) is 2. The fraction of sp³-hybridized carbons (Fsp3) is 0.286. The molecule has 0 aromatic heterocycles.